The van der Waals surface area contributed by atoms with Crippen molar-refractivity contribution in [2.45, 2.75) is 26.0 Å². The van der Waals surface area contributed by atoms with Crippen LogP contribution in [0, 0.1) is 0 Å². The maximum atomic E-state index is 13.4. The number of nitrogens with zero attached hydrogens (tertiary/aromatic N) is 2. The van der Waals surface area contributed by atoms with E-state index in [1.54, 1.807) is 6.20 Å². The Bertz CT molecular complexity index is 1120. The van der Waals surface area contributed by atoms with E-state index in [2.05, 4.69) is 17.1 Å². The molecule has 0 saturated carbocycles. The van der Waals surface area contributed by atoms with Crippen molar-refractivity contribution in [3.8, 4) is 5.75 Å². The third kappa shape index (κ3) is 5.28. The van der Waals surface area contributed by atoms with Crippen LogP contribution in [-0.4, -0.2) is 28.4 Å². The third-order valence-electron chi connectivity index (χ3n) is 5.29. The number of carbonyl (C=O) groups is 1. The molecule has 0 fully saturated rings. The molecule has 0 N–H and O–H groups in total. The van der Waals surface area contributed by atoms with Gasteiger partial charge in [-0.3, -0.25) is 9.78 Å². The number of rotatable bonds is 8. The minimum atomic E-state index is -0.618. The Labute approximate surface area is 183 Å². The molecule has 0 aliphatic rings. The van der Waals surface area contributed by atoms with Crippen LogP contribution in [0.3, 0.4) is 0 Å². The second-order valence-electron chi connectivity index (χ2n) is 7.57. The highest BCUT2D eigenvalue weighted by atomic mass is 16.5. The third-order valence-corrected chi connectivity index (χ3v) is 5.29. The van der Waals surface area contributed by atoms with Gasteiger partial charge in [-0.1, -0.05) is 78.9 Å². The molecule has 1 amide bonds. The van der Waals surface area contributed by atoms with Crippen LogP contribution in [-0.2, 0) is 17.8 Å². The summed E-state index contributed by atoms with van der Waals surface area (Å²) in [6.07, 6.45) is 1.91. The van der Waals surface area contributed by atoms with Gasteiger partial charge in [0.1, 0.15) is 11.3 Å². The summed E-state index contributed by atoms with van der Waals surface area (Å²) in [5.41, 5.74) is 3.08. The molecule has 0 aliphatic heterocycles. The van der Waals surface area contributed by atoms with Gasteiger partial charge in [-0.2, -0.15) is 0 Å². The number of fused-ring (bicyclic) bond motifs is 1. The molecule has 156 valence electrons. The molecule has 0 saturated heterocycles. The predicted octanol–water partition coefficient (Wildman–Crippen LogP) is 5.27. The summed E-state index contributed by atoms with van der Waals surface area (Å²) in [5, 5.41) is 0.991. The summed E-state index contributed by atoms with van der Waals surface area (Å²) in [6.45, 7) is 2.98. The lowest BCUT2D eigenvalue weighted by Gasteiger charge is -2.26. The van der Waals surface area contributed by atoms with E-state index in [9.17, 15) is 4.79 Å². The molecule has 4 heteroatoms. The Kier molecular flexibility index (Phi) is 6.58. The summed E-state index contributed by atoms with van der Waals surface area (Å²) in [6, 6.07) is 30.0. The van der Waals surface area contributed by atoms with Crippen molar-refractivity contribution >= 4 is 16.8 Å². The van der Waals surface area contributed by atoms with Gasteiger partial charge in [0.15, 0.2) is 6.10 Å². The minimum Gasteiger partial charge on any atom is -0.479 e. The van der Waals surface area contributed by atoms with Gasteiger partial charge in [-0.25, -0.2) is 0 Å². The maximum Gasteiger partial charge on any atom is 0.263 e. The van der Waals surface area contributed by atoms with Crippen molar-refractivity contribution in [3.05, 3.63) is 108 Å². The second-order valence-corrected chi connectivity index (χ2v) is 7.57. The molecule has 1 atom stereocenters. The van der Waals surface area contributed by atoms with Gasteiger partial charge in [-0.15, -0.1) is 0 Å². The van der Waals surface area contributed by atoms with Gasteiger partial charge in [0, 0.05) is 24.7 Å². The molecule has 1 heterocycles. The quantitative estimate of drug-likeness (QED) is 0.397. The molecular formula is C27H26N2O2. The smallest absolute Gasteiger partial charge is 0.263 e. The molecule has 31 heavy (non-hydrogen) atoms. The topological polar surface area (TPSA) is 42.4 Å². The van der Waals surface area contributed by atoms with Crippen LogP contribution < -0.4 is 4.74 Å². The van der Waals surface area contributed by atoms with Crippen molar-refractivity contribution in [1.82, 2.24) is 9.88 Å². The van der Waals surface area contributed by atoms with Crippen LogP contribution in [0.4, 0.5) is 0 Å². The zero-order chi connectivity index (χ0) is 21.5. The first-order chi connectivity index (χ1) is 15.2. The summed E-state index contributed by atoms with van der Waals surface area (Å²) in [4.78, 5) is 19.7. The fourth-order valence-corrected chi connectivity index (χ4v) is 3.65. The average molecular weight is 411 g/mol. The van der Waals surface area contributed by atoms with Crippen LogP contribution in [0.1, 0.15) is 18.1 Å². The number of carbonyl (C=O) groups excluding carboxylic acids is 1. The Morgan fingerprint density at radius 1 is 0.871 bits per heavy atom. The monoisotopic (exact) mass is 410 g/mol. The summed E-state index contributed by atoms with van der Waals surface area (Å²) < 4.78 is 6.11. The van der Waals surface area contributed by atoms with E-state index in [-0.39, 0.29) is 5.91 Å². The van der Waals surface area contributed by atoms with Crippen LogP contribution in [0.15, 0.2) is 97.2 Å². The standard InChI is InChI=1S/C27H26N2O2/c1-21(31-25-16-8-14-24-15-9-18-28-26(24)25)27(30)29(20-23-12-6-3-7-13-23)19-17-22-10-4-2-5-11-22/h2-16,18,21H,17,19-20H2,1H3. The molecule has 0 radical (unpaired) electrons. The highest BCUT2D eigenvalue weighted by Crippen LogP contribution is 2.24. The molecule has 1 aromatic heterocycles. The van der Waals surface area contributed by atoms with Crippen LogP contribution >= 0.6 is 0 Å². The number of ether oxygens (including phenoxy) is 1. The summed E-state index contributed by atoms with van der Waals surface area (Å²) in [5.74, 6) is 0.592. The molecule has 1 unspecified atom stereocenters. The minimum absolute atomic E-state index is 0.0345. The number of hydrogen-bond acceptors (Lipinski definition) is 3. The van der Waals surface area contributed by atoms with Gasteiger partial charge in [-0.05, 0) is 36.6 Å². The number of benzene rings is 3. The fraction of sp³-hybridized carbons (Fsp3) is 0.185. The van der Waals surface area contributed by atoms with Gasteiger partial charge < -0.3 is 9.64 Å². The molecule has 0 aliphatic carbocycles. The van der Waals surface area contributed by atoms with E-state index < -0.39 is 6.10 Å². The largest absolute Gasteiger partial charge is 0.479 e. The fourth-order valence-electron chi connectivity index (χ4n) is 3.65. The van der Waals surface area contributed by atoms with Crippen molar-refractivity contribution < 1.29 is 9.53 Å². The number of para-hydroxylation sites is 1. The van der Waals surface area contributed by atoms with Crippen molar-refractivity contribution in [3.63, 3.8) is 0 Å². The van der Waals surface area contributed by atoms with Crippen LogP contribution in [0.2, 0.25) is 0 Å². The summed E-state index contributed by atoms with van der Waals surface area (Å²) >= 11 is 0. The number of amides is 1. The Morgan fingerprint density at radius 3 is 2.29 bits per heavy atom. The number of pyridine rings is 1. The zero-order valence-corrected chi connectivity index (χ0v) is 17.6. The molecular weight excluding hydrogens is 384 g/mol. The van der Waals surface area contributed by atoms with Gasteiger partial charge in [0.2, 0.25) is 0 Å². The number of hydrogen-bond donors (Lipinski definition) is 0. The highest BCUT2D eigenvalue weighted by molar-refractivity contribution is 5.85. The van der Waals surface area contributed by atoms with Crippen LogP contribution in [0.5, 0.6) is 5.75 Å². The Hall–Kier alpha value is -3.66. The maximum absolute atomic E-state index is 13.4. The molecule has 3 aromatic carbocycles. The Balaban J connectivity index is 1.52. The van der Waals surface area contributed by atoms with E-state index in [0.29, 0.717) is 18.8 Å². The van der Waals surface area contributed by atoms with E-state index in [1.807, 2.05) is 90.7 Å². The normalized spacial score (nSPS) is 11.8. The average Bonchev–Trinajstić information content (AvgIpc) is 2.83. The molecule has 0 bridgehead atoms. The second kappa shape index (κ2) is 9.90. The molecule has 4 aromatic rings. The molecule has 4 rings (SSSR count). The van der Waals surface area contributed by atoms with E-state index in [4.69, 9.17) is 4.74 Å². The Morgan fingerprint density at radius 2 is 1.55 bits per heavy atom. The lowest BCUT2D eigenvalue weighted by molar-refractivity contribution is -0.138. The van der Waals surface area contributed by atoms with Gasteiger partial charge >= 0.3 is 0 Å². The molecule has 0 spiro atoms. The zero-order valence-electron chi connectivity index (χ0n) is 17.6. The van der Waals surface area contributed by atoms with E-state index in [0.717, 1.165) is 22.9 Å². The summed E-state index contributed by atoms with van der Waals surface area (Å²) in [7, 11) is 0. The van der Waals surface area contributed by atoms with Crippen LogP contribution in [0.25, 0.3) is 10.9 Å². The first-order valence-electron chi connectivity index (χ1n) is 10.6. The van der Waals surface area contributed by atoms with Gasteiger partial charge in [0.05, 0.1) is 0 Å². The first-order valence-corrected chi connectivity index (χ1v) is 10.6. The van der Waals surface area contributed by atoms with E-state index >= 15 is 0 Å². The van der Waals surface area contributed by atoms with Gasteiger partial charge in [0.25, 0.3) is 5.91 Å². The lowest BCUT2D eigenvalue weighted by Crippen LogP contribution is -2.41. The van der Waals surface area contributed by atoms with Crippen molar-refractivity contribution in [2.75, 3.05) is 6.54 Å². The number of aromatic nitrogens is 1. The molecule has 4 nitrogen and oxygen atoms in total. The first kappa shape index (κ1) is 20.6. The SMILES string of the molecule is CC(Oc1cccc2cccnc12)C(=O)N(CCc1ccccc1)Cc1ccccc1. The predicted molar refractivity (Wildman–Crippen MR) is 124 cm³/mol. The van der Waals surface area contributed by atoms with Crippen molar-refractivity contribution in [1.29, 1.82) is 0 Å². The van der Waals surface area contributed by atoms with E-state index in [1.165, 1.54) is 5.56 Å². The highest BCUT2D eigenvalue weighted by Gasteiger charge is 2.23. The van der Waals surface area contributed by atoms with Crippen molar-refractivity contribution in [2.24, 2.45) is 0 Å². The lowest BCUT2D eigenvalue weighted by atomic mass is 10.1.